The maximum absolute atomic E-state index is 13.3. The van der Waals surface area contributed by atoms with Gasteiger partial charge in [0.25, 0.3) is 0 Å². The van der Waals surface area contributed by atoms with Crippen molar-refractivity contribution in [3.8, 4) is 5.69 Å². The number of fused-ring (bicyclic) bond motifs is 3. The molecular formula is C29H23N3O2. The summed E-state index contributed by atoms with van der Waals surface area (Å²) in [5.41, 5.74) is 4.58. The van der Waals surface area contributed by atoms with Crippen LogP contribution in [0.2, 0.25) is 0 Å². The van der Waals surface area contributed by atoms with Crippen molar-refractivity contribution in [3.05, 3.63) is 101 Å². The molecule has 5 aromatic rings. The third-order valence-electron chi connectivity index (χ3n) is 6.60. The number of aromatic nitrogens is 3. The van der Waals surface area contributed by atoms with Gasteiger partial charge in [-0.05, 0) is 47.2 Å². The number of hydrogen-bond acceptors (Lipinski definition) is 3. The average Bonchev–Trinajstić information content (AvgIpc) is 3.44. The van der Waals surface area contributed by atoms with Gasteiger partial charge in [-0.25, -0.2) is 4.98 Å². The van der Waals surface area contributed by atoms with Gasteiger partial charge in [0, 0.05) is 29.8 Å². The summed E-state index contributed by atoms with van der Waals surface area (Å²) < 4.78 is 4.11. The van der Waals surface area contributed by atoms with E-state index in [4.69, 9.17) is 4.98 Å². The Bertz CT molecular complexity index is 1610. The molecule has 0 N–H and O–H groups in total. The normalized spacial score (nSPS) is 13.5. The van der Waals surface area contributed by atoms with E-state index in [2.05, 4.69) is 18.4 Å². The molecule has 3 aromatic carbocycles. The van der Waals surface area contributed by atoms with Crippen molar-refractivity contribution in [2.45, 2.75) is 19.8 Å². The Morgan fingerprint density at radius 3 is 2.00 bits per heavy atom. The zero-order valence-electron chi connectivity index (χ0n) is 19.2. The fraction of sp³-hybridized carbons (Fsp3) is 0.138. The molecule has 2 heterocycles. The molecule has 0 atom stereocenters. The zero-order valence-corrected chi connectivity index (χ0v) is 19.2. The first-order valence-corrected chi connectivity index (χ1v) is 11.4. The molecule has 0 unspecified atom stereocenters. The molecule has 0 saturated heterocycles. The number of benzene rings is 3. The molecule has 0 aliphatic heterocycles. The second-order valence-electron chi connectivity index (χ2n) is 9.09. The van der Waals surface area contributed by atoms with Gasteiger partial charge in [0.15, 0.2) is 17.2 Å². The molecule has 166 valence electrons. The first-order valence-electron chi connectivity index (χ1n) is 11.4. The van der Waals surface area contributed by atoms with E-state index in [1.165, 1.54) is 0 Å². The second kappa shape index (κ2) is 7.39. The number of ketones is 2. The van der Waals surface area contributed by atoms with Crippen molar-refractivity contribution < 1.29 is 9.59 Å². The van der Waals surface area contributed by atoms with Crippen molar-refractivity contribution in [1.29, 1.82) is 0 Å². The molecule has 0 bridgehead atoms. The number of hydrogen-bond donors (Lipinski definition) is 0. The number of rotatable bonds is 3. The van der Waals surface area contributed by atoms with Gasteiger partial charge in [-0.1, -0.05) is 56.3 Å². The van der Waals surface area contributed by atoms with Crippen LogP contribution in [0.5, 0.6) is 0 Å². The summed E-state index contributed by atoms with van der Waals surface area (Å²) in [6, 6.07) is 23.4. The van der Waals surface area contributed by atoms with Gasteiger partial charge in [0.1, 0.15) is 5.82 Å². The van der Waals surface area contributed by atoms with Crippen LogP contribution in [0.25, 0.3) is 33.7 Å². The summed E-state index contributed by atoms with van der Waals surface area (Å²) in [4.78, 5) is 31.6. The molecule has 2 aromatic heterocycles. The number of para-hydroxylation sites is 1. The third kappa shape index (κ3) is 2.90. The Balaban J connectivity index is 1.56. The van der Waals surface area contributed by atoms with Crippen LogP contribution in [0.4, 0.5) is 0 Å². The van der Waals surface area contributed by atoms with Gasteiger partial charge in [0.2, 0.25) is 0 Å². The highest BCUT2D eigenvalue weighted by Crippen LogP contribution is 2.34. The lowest BCUT2D eigenvalue weighted by atomic mass is 10.0. The van der Waals surface area contributed by atoms with Gasteiger partial charge in [0.05, 0.1) is 16.8 Å². The summed E-state index contributed by atoms with van der Waals surface area (Å²) in [5, 5.41) is 1.90. The molecule has 5 heteroatoms. The number of Topliss-reactive ketones (excluding diaryl/α,β-unsaturated/α-hetero) is 2. The molecule has 0 spiro atoms. The highest BCUT2D eigenvalue weighted by atomic mass is 16.2. The maximum Gasteiger partial charge on any atom is 0.197 e. The third-order valence-corrected chi connectivity index (χ3v) is 6.60. The molecule has 5 nitrogen and oxygen atoms in total. The van der Waals surface area contributed by atoms with Crippen molar-refractivity contribution in [2.75, 3.05) is 0 Å². The van der Waals surface area contributed by atoms with E-state index >= 15 is 0 Å². The number of imidazole rings is 1. The van der Waals surface area contributed by atoms with E-state index in [0.717, 1.165) is 39.1 Å². The van der Waals surface area contributed by atoms with E-state index in [9.17, 15) is 9.59 Å². The van der Waals surface area contributed by atoms with E-state index < -0.39 is 0 Å². The van der Waals surface area contributed by atoms with Crippen LogP contribution in [0, 0.1) is 0 Å². The summed E-state index contributed by atoms with van der Waals surface area (Å²) in [6.07, 6.45) is 1.72. The summed E-state index contributed by atoms with van der Waals surface area (Å²) in [7, 11) is 2.00. The Hall–Kier alpha value is -4.25. The molecule has 0 amide bonds. The first kappa shape index (κ1) is 20.4. The second-order valence-corrected chi connectivity index (χ2v) is 9.09. The molecule has 0 fully saturated rings. The molecular weight excluding hydrogens is 422 g/mol. The van der Waals surface area contributed by atoms with E-state index in [-0.39, 0.29) is 23.1 Å². The number of allylic oxidation sites excluding steroid dienone is 1. The van der Waals surface area contributed by atoms with Gasteiger partial charge >= 0.3 is 0 Å². The average molecular weight is 446 g/mol. The Morgan fingerprint density at radius 2 is 1.41 bits per heavy atom. The minimum atomic E-state index is -0.230. The smallest absolute Gasteiger partial charge is 0.197 e. The highest BCUT2D eigenvalue weighted by molar-refractivity contribution is 6.42. The fourth-order valence-electron chi connectivity index (χ4n) is 4.93. The first-order chi connectivity index (χ1) is 16.4. The van der Waals surface area contributed by atoms with E-state index in [0.29, 0.717) is 11.1 Å². The lowest BCUT2D eigenvalue weighted by Gasteiger charge is -2.08. The van der Waals surface area contributed by atoms with Crippen LogP contribution < -0.4 is 0 Å². The predicted octanol–water partition coefficient (Wildman–Crippen LogP) is 6.10. The van der Waals surface area contributed by atoms with Gasteiger partial charge in [-0.3, -0.25) is 14.2 Å². The van der Waals surface area contributed by atoms with Crippen molar-refractivity contribution in [1.82, 2.24) is 14.1 Å². The lowest BCUT2D eigenvalue weighted by molar-refractivity contribution is 0.0990. The van der Waals surface area contributed by atoms with Crippen LogP contribution in [-0.4, -0.2) is 25.7 Å². The predicted molar refractivity (Wildman–Crippen MR) is 135 cm³/mol. The molecule has 0 radical (unpaired) electrons. The number of carbonyl (C=O) groups is 2. The van der Waals surface area contributed by atoms with Crippen LogP contribution in [0.1, 0.15) is 52.0 Å². The molecule has 34 heavy (non-hydrogen) atoms. The Kier molecular flexibility index (Phi) is 4.42. The quantitative estimate of drug-likeness (QED) is 0.249. The van der Waals surface area contributed by atoms with Gasteiger partial charge in [-0.15, -0.1) is 0 Å². The fourth-order valence-corrected chi connectivity index (χ4v) is 4.93. The van der Waals surface area contributed by atoms with Gasteiger partial charge < -0.3 is 4.57 Å². The standard InChI is InChI=1S/C29H23N3O2/c1-17(2)28-30-29-25(31(28)3)16-21(32(29)20-11-5-4-6-12-20)15-24-26(33)22-13-18-9-7-8-10-19(18)14-23(22)27(24)34/h4-17H,1-3H3. The van der Waals surface area contributed by atoms with Gasteiger partial charge in [-0.2, -0.15) is 0 Å². The van der Waals surface area contributed by atoms with E-state index in [1.807, 2.05) is 84.4 Å². The summed E-state index contributed by atoms with van der Waals surface area (Å²) >= 11 is 0. The SMILES string of the molecule is CC(C)c1nc2c(cc(C=C3C(=O)c4cc5ccccc5cc4C3=O)n2-c2ccccc2)n1C. The van der Waals surface area contributed by atoms with Crippen LogP contribution in [-0.2, 0) is 7.05 Å². The van der Waals surface area contributed by atoms with E-state index in [1.54, 1.807) is 6.08 Å². The van der Waals surface area contributed by atoms with Crippen LogP contribution >= 0.6 is 0 Å². The summed E-state index contributed by atoms with van der Waals surface area (Å²) in [5.74, 6) is 0.795. The number of aryl methyl sites for hydroxylation is 1. The number of nitrogens with zero attached hydrogens (tertiary/aromatic N) is 3. The van der Waals surface area contributed by atoms with Crippen molar-refractivity contribution in [3.63, 3.8) is 0 Å². The molecule has 0 saturated carbocycles. The van der Waals surface area contributed by atoms with Crippen molar-refractivity contribution >= 4 is 39.6 Å². The molecule has 1 aliphatic rings. The maximum atomic E-state index is 13.3. The monoisotopic (exact) mass is 445 g/mol. The minimum absolute atomic E-state index is 0.189. The minimum Gasteiger partial charge on any atom is -0.330 e. The van der Waals surface area contributed by atoms with Crippen LogP contribution in [0.3, 0.4) is 0 Å². The Morgan fingerprint density at radius 1 is 0.824 bits per heavy atom. The summed E-state index contributed by atoms with van der Waals surface area (Å²) in [6.45, 7) is 4.24. The van der Waals surface area contributed by atoms with Crippen LogP contribution in [0.15, 0.2) is 78.4 Å². The topological polar surface area (TPSA) is 56.9 Å². The number of carbonyl (C=O) groups excluding carboxylic acids is 2. The lowest BCUT2D eigenvalue weighted by Crippen LogP contribution is -2.04. The van der Waals surface area contributed by atoms with Crippen molar-refractivity contribution in [2.24, 2.45) is 7.05 Å². The zero-order chi connectivity index (χ0) is 23.6. The Labute approximate surface area is 197 Å². The highest BCUT2D eigenvalue weighted by Gasteiger charge is 2.34. The largest absolute Gasteiger partial charge is 0.330 e. The molecule has 6 rings (SSSR count). The molecule has 1 aliphatic carbocycles.